The smallest absolute Gasteiger partial charge is 0.273 e. The van der Waals surface area contributed by atoms with Crippen molar-refractivity contribution in [3.63, 3.8) is 0 Å². The molecule has 2 aliphatic heterocycles. The molecule has 2 aliphatic rings. The Morgan fingerprint density at radius 2 is 2.09 bits per heavy atom. The van der Waals surface area contributed by atoms with Crippen molar-refractivity contribution in [1.82, 2.24) is 15.1 Å². The number of benzene rings is 2. The topological polar surface area (TPSA) is 87.7 Å². The lowest BCUT2D eigenvalue weighted by molar-refractivity contribution is 0.0495. The zero-order valence-corrected chi connectivity index (χ0v) is 19.5. The van der Waals surface area contributed by atoms with E-state index in [4.69, 9.17) is 9.47 Å². The lowest BCUT2D eigenvalue weighted by Gasteiger charge is -2.28. The van der Waals surface area contributed by atoms with Crippen LogP contribution in [0.3, 0.4) is 0 Å². The van der Waals surface area contributed by atoms with Gasteiger partial charge in [0.25, 0.3) is 5.91 Å². The molecule has 0 saturated carbocycles. The van der Waals surface area contributed by atoms with Gasteiger partial charge in [-0.05, 0) is 61.6 Å². The maximum absolute atomic E-state index is 13.5. The number of hydrogen-bond acceptors (Lipinski definition) is 5. The highest BCUT2D eigenvalue weighted by Gasteiger charge is 2.43. The number of ether oxygens (including phenoxy) is 2. The van der Waals surface area contributed by atoms with Crippen LogP contribution < -0.4 is 4.74 Å². The SMILES string of the molecule is C=CCOc1ccc(C2c3c(-c4c(C)cc(C)cc4O)n[nH]c3C(=O)N2CC2CCCO2)cc1. The van der Waals surface area contributed by atoms with E-state index in [-0.39, 0.29) is 23.8 Å². The van der Waals surface area contributed by atoms with Crippen molar-refractivity contribution < 1.29 is 19.4 Å². The van der Waals surface area contributed by atoms with Crippen LogP contribution in [0.1, 0.15) is 51.6 Å². The quantitative estimate of drug-likeness (QED) is 0.501. The van der Waals surface area contributed by atoms with Gasteiger partial charge in [-0.25, -0.2) is 0 Å². The van der Waals surface area contributed by atoms with Crippen molar-refractivity contribution in [2.45, 2.75) is 38.8 Å². The molecule has 176 valence electrons. The van der Waals surface area contributed by atoms with Gasteiger partial charge in [0, 0.05) is 24.3 Å². The van der Waals surface area contributed by atoms with Crippen LogP contribution in [0.5, 0.6) is 11.5 Å². The Bertz CT molecular complexity index is 1200. The summed E-state index contributed by atoms with van der Waals surface area (Å²) in [4.78, 5) is 15.4. The first-order chi connectivity index (χ1) is 16.5. The van der Waals surface area contributed by atoms with Crippen LogP contribution in [0.4, 0.5) is 0 Å². The van der Waals surface area contributed by atoms with E-state index in [1.54, 1.807) is 12.1 Å². The third kappa shape index (κ3) is 3.86. The number of phenols is 1. The molecule has 2 atom stereocenters. The number of hydrogen-bond donors (Lipinski definition) is 2. The minimum Gasteiger partial charge on any atom is -0.507 e. The second-order valence-electron chi connectivity index (χ2n) is 9.00. The van der Waals surface area contributed by atoms with E-state index in [0.717, 1.165) is 47.5 Å². The molecular weight excluding hydrogens is 430 g/mol. The number of carbonyl (C=O) groups excluding carboxylic acids is 1. The van der Waals surface area contributed by atoms with Crippen LogP contribution >= 0.6 is 0 Å². The van der Waals surface area contributed by atoms with Gasteiger partial charge in [0.1, 0.15) is 29.5 Å². The number of carbonyl (C=O) groups is 1. The highest BCUT2D eigenvalue weighted by atomic mass is 16.5. The number of rotatable bonds is 7. The average Bonchev–Trinajstić information content (AvgIpc) is 3.53. The highest BCUT2D eigenvalue weighted by molar-refractivity contribution is 6.00. The van der Waals surface area contributed by atoms with E-state index in [2.05, 4.69) is 16.8 Å². The number of amides is 1. The second kappa shape index (κ2) is 8.99. The Hall–Kier alpha value is -3.58. The summed E-state index contributed by atoms with van der Waals surface area (Å²) in [5.74, 6) is 0.785. The summed E-state index contributed by atoms with van der Waals surface area (Å²) >= 11 is 0. The van der Waals surface area contributed by atoms with Crippen LogP contribution in [0.25, 0.3) is 11.3 Å². The molecule has 2 N–H and O–H groups in total. The summed E-state index contributed by atoms with van der Waals surface area (Å²) in [6, 6.07) is 11.1. The molecule has 7 nitrogen and oxygen atoms in total. The zero-order chi connectivity index (χ0) is 23.8. The predicted octanol–water partition coefficient (Wildman–Crippen LogP) is 4.69. The minimum absolute atomic E-state index is 0.0107. The van der Waals surface area contributed by atoms with Crippen molar-refractivity contribution in [2.75, 3.05) is 19.8 Å². The lowest BCUT2D eigenvalue weighted by Crippen LogP contribution is -2.36. The van der Waals surface area contributed by atoms with Gasteiger partial charge in [0.15, 0.2) is 0 Å². The molecule has 1 fully saturated rings. The third-order valence-corrected chi connectivity index (χ3v) is 6.55. The molecule has 3 heterocycles. The molecule has 1 saturated heterocycles. The molecule has 2 aromatic carbocycles. The van der Waals surface area contributed by atoms with Crippen LogP contribution in [0, 0.1) is 13.8 Å². The van der Waals surface area contributed by atoms with Crippen molar-refractivity contribution in [2.24, 2.45) is 0 Å². The number of aryl methyl sites for hydroxylation is 2. The molecule has 2 unspecified atom stereocenters. The fourth-order valence-electron chi connectivity index (χ4n) is 5.08. The van der Waals surface area contributed by atoms with Gasteiger partial charge < -0.3 is 19.5 Å². The third-order valence-electron chi connectivity index (χ3n) is 6.55. The molecule has 0 aliphatic carbocycles. The number of phenolic OH excluding ortho intramolecular Hbond substituents is 1. The number of nitrogens with one attached hydrogen (secondary N) is 1. The Labute approximate surface area is 199 Å². The summed E-state index contributed by atoms with van der Waals surface area (Å²) < 4.78 is 11.5. The van der Waals surface area contributed by atoms with E-state index in [0.29, 0.717) is 30.1 Å². The Morgan fingerprint density at radius 3 is 2.76 bits per heavy atom. The number of aromatic nitrogens is 2. The first kappa shape index (κ1) is 22.2. The summed E-state index contributed by atoms with van der Waals surface area (Å²) in [7, 11) is 0. The van der Waals surface area contributed by atoms with Gasteiger partial charge >= 0.3 is 0 Å². The number of fused-ring (bicyclic) bond motifs is 1. The van der Waals surface area contributed by atoms with Crippen LogP contribution in [-0.4, -0.2) is 52.0 Å². The van der Waals surface area contributed by atoms with E-state index >= 15 is 0 Å². The van der Waals surface area contributed by atoms with E-state index < -0.39 is 0 Å². The molecule has 0 radical (unpaired) electrons. The van der Waals surface area contributed by atoms with Crippen molar-refractivity contribution >= 4 is 5.91 Å². The van der Waals surface area contributed by atoms with Gasteiger partial charge in [-0.15, -0.1) is 0 Å². The fourth-order valence-corrected chi connectivity index (χ4v) is 5.08. The molecule has 0 spiro atoms. The summed E-state index contributed by atoms with van der Waals surface area (Å²) in [6.45, 7) is 9.23. The molecule has 3 aromatic rings. The van der Waals surface area contributed by atoms with Crippen LogP contribution in [0.2, 0.25) is 0 Å². The van der Waals surface area contributed by atoms with Gasteiger partial charge in [-0.3, -0.25) is 9.89 Å². The maximum atomic E-state index is 13.5. The van der Waals surface area contributed by atoms with Gasteiger partial charge in [-0.1, -0.05) is 30.9 Å². The first-order valence-electron chi connectivity index (χ1n) is 11.6. The Morgan fingerprint density at radius 1 is 1.29 bits per heavy atom. The van der Waals surface area contributed by atoms with Crippen molar-refractivity contribution in [3.05, 3.63) is 77.0 Å². The van der Waals surface area contributed by atoms with Gasteiger partial charge in [0.05, 0.1) is 12.1 Å². The largest absolute Gasteiger partial charge is 0.507 e. The van der Waals surface area contributed by atoms with Crippen molar-refractivity contribution in [3.8, 4) is 22.8 Å². The normalized spacial score (nSPS) is 19.5. The minimum atomic E-state index is -0.353. The Balaban J connectivity index is 1.61. The molecule has 0 bridgehead atoms. The highest BCUT2D eigenvalue weighted by Crippen LogP contribution is 2.46. The molecule has 5 rings (SSSR count). The van der Waals surface area contributed by atoms with Crippen molar-refractivity contribution in [1.29, 1.82) is 0 Å². The molecule has 1 aromatic heterocycles. The van der Waals surface area contributed by atoms with Crippen LogP contribution in [0.15, 0.2) is 49.1 Å². The summed E-state index contributed by atoms with van der Waals surface area (Å²) in [5, 5.41) is 18.3. The molecular formula is C27H29N3O4. The lowest BCUT2D eigenvalue weighted by atomic mass is 9.93. The fraction of sp³-hybridized carbons (Fsp3) is 0.333. The predicted molar refractivity (Wildman–Crippen MR) is 129 cm³/mol. The number of aromatic hydroxyl groups is 1. The molecule has 34 heavy (non-hydrogen) atoms. The average molecular weight is 460 g/mol. The number of H-pyrrole nitrogens is 1. The molecule has 1 amide bonds. The van der Waals surface area contributed by atoms with Gasteiger partial charge in [-0.2, -0.15) is 5.10 Å². The molecule has 7 heteroatoms. The number of nitrogens with zero attached hydrogens (tertiary/aromatic N) is 2. The summed E-state index contributed by atoms with van der Waals surface area (Å²) in [5.41, 5.74) is 5.31. The standard InChI is InChI=1S/C27H29N3O4/c1-4-11-33-19-9-7-18(8-10-19)26-23-24(22-17(3)13-16(2)14-21(22)31)28-29-25(23)27(32)30(26)15-20-6-5-12-34-20/h4,7-10,13-14,20,26,31H,1,5-6,11-12,15H2,2-3H3,(H,28,29). The summed E-state index contributed by atoms with van der Waals surface area (Å²) in [6.07, 6.45) is 3.65. The van der Waals surface area contributed by atoms with Gasteiger partial charge in [0.2, 0.25) is 0 Å². The first-order valence-corrected chi connectivity index (χ1v) is 11.6. The zero-order valence-electron chi connectivity index (χ0n) is 19.5. The monoisotopic (exact) mass is 459 g/mol. The Kier molecular flexibility index (Phi) is 5.87. The van der Waals surface area contributed by atoms with Crippen LogP contribution in [-0.2, 0) is 4.74 Å². The van der Waals surface area contributed by atoms with E-state index in [1.807, 2.05) is 49.1 Å². The maximum Gasteiger partial charge on any atom is 0.273 e. The second-order valence-corrected chi connectivity index (χ2v) is 9.00. The number of aromatic amines is 1. The van der Waals surface area contributed by atoms with E-state index in [1.165, 1.54) is 0 Å². The van der Waals surface area contributed by atoms with E-state index in [9.17, 15) is 9.90 Å².